The molecule has 3 rings (SSSR count). The van der Waals surface area contributed by atoms with E-state index < -0.39 is 23.0 Å². The Bertz CT molecular complexity index is 870. The van der Waals surface area contributed by atoms with Crippen LogP contribution in [0.25, 0.3) is 16.9 Å². The number of rotatable bonds is 3. The van der Waals surface area contributed by atoms with Crippen LogP contribution < -0.4 is 5.32 Å². The largest absolute Gasteiger partial charge is 0.368 e. The van der Waals surface area contributed by atoms with Gasteiger partial charge in [-0.15, -0.1) is 10.2 Å². The summed E-state index contributed by atoms with van der Waals surface area (Å²) in [7, 11) is 0. The quantitative estimate of drug-likeness (QED) is 0.738. The zero-order valence-electron chi connectivity index (χ0n) is 12.1. The molecule has 1 aromatic carbocycles. The second-order valence-electron chi connectivity index (χ2n) is 5.17. The van der Waals surface area contributed by atoms with Crippen molar-refractivity contribution in [3.63, 3.8) is 0 Å². The van der Waals surface area contributed by atoms with Crippen LogP contribution in [0.4, 0.5) is 19.0 Å². The Hall–Kier alpha value is -2.35. The van der Waals surface area contributed by atoms with Crippen LogP contribution in [0.3, 0.4) is 0 Å². The molecule has 9 heteroatoms. The summed E-state index contributed by atoms with van der Waals surface area (Å²) in [5.41, 5.74) is -0.495. The van der Waals surface area contributed by atoms with Gasteiger partial charge in [-0.05, 0) is 13.8 Å². The topological polar surface area (TPSA) is 55.1 Å². The van der Waals surface area contributed by atoms with E-state index in [0.717, 1.165) is 0 Å². The molecular weight excluding hydrogens is 331 g/mol. The molecular formula is C14H11ClF3N5. The monoisotopic (exact) mass is 341 g/mol. The number of nitrogens with one attached hydrogen (secondary N) is 1. The molecule has 2 aromatic heterocycles. The number of halogens is 4. The molecule has 0 aliphatic carbocycles. The minimum absolute atomic E-state index is 0.0253. The second-order valence-corrected chi connectivity index (χ2v) is 5.53. The maximum Gasteiger partial charge on any atom is 0.257 e. The summed E-state index contributed by atoms with van der Waals surface area (Å²) < 4.78 is 43.0. The highest BCUT2D eigenvalue weighted by Crippen LogP contribution is 2.37. The van der Waals surface area contributed by atoms with Crippen molar-refractivity contribution in [3.8, 4) is 11.1 Å². The van der Waals surface area contributed by atoms with Gasteiger partial charge in [-0.3, -0.25) is 4.40 Å². The summed E-state index contributed by atoms with van der Waals surface area (Å²) in [4.78, 5) is 3.97. The molecule has 0 spiro atoms. The molecule has 0 saturated heterocycles. The van der Waals surface area contributed by atoms with Crippen LogP contribution in [0.1, 0.15) is 13.8 Å². The van der Waals surface area contributed by atoms with Crippen LogP contribution in [0.15, 0.2) is 18.5 Å². The van der Waals surface area contributed by atoms with Crippen molar-refractivity contribution in [1.82, 2.24) is 19.6 Å². The summed E-state index contributed by atoms with van der Waals surface area (Å²) in [6.45, 7) is 3.68. The number of hydrogen-bond acceptors (Lipinski definition) is 4. The number of nitrogens with zero attached hydrogens (tertiary/aromatic N) is 4. The molecule has 1 N–H and O–H groups in total. The minimum Gasteiger partial charge on any atom is -0.368 e. The van der Waals surface area contributed by atoms with Crippen molar-refractivity contribution in [2.24, 2.45) is 0 Å². The normalized spacial score (nSPS) is 11.4. The van der Waals surface area contributed by atoms with Gasteiger partial charge in [-0.2, -0.15) is 4.98 Å². The summed E-state index contributed by atoms with van der Waals surface area (Å²) >= 11 is 6.11. The lowest BCUT2D eigenvalue weighted by molar-refractivity contribution is 0.548. The van der Waals surface area contributed by atoms with Crippen molar-refractivity contribution < 1.29 is 13.2 Å². The second kappa shape index (κ2) is 5.69. The van der Waals surface area contributed by atoms with E-state index in [0.29, 0.717) is 12.1 Å². The van der Waals surface area contributed by atoms with Gasteiger partial charge >= 0.3 is 0 Å². The zero-order valence-corrected chi connectivity index (χ0v) is 12.9. The molecule has 0 aliphatic heterocycles. The van der Waals surface area contributed by atoms with Crippen LogP contribution >= 0.6 is 11.6 Å². The van der Waals surface area contributed by atoms with Crippen molar-refractivity contribution in [1.29, 1.82) is 0 Å². The molecule has 0 aliphatic rings. The fraction of sp³-hybridized carbons (Fsp3) is 0.214. The van der Waals surface area contributed by atoms with Gasteiger partial charge in [-0.25, -0.2) is 13.2 Å². The van der Waals surface area contributed by atoms with Gasteiger partial charge < -0.3 is 5.32 Å². The van der Waals surface area contributed by atoms with E-state index >= 15 is 0 Å². The van der Waals surface area contributed by atoms with Gasteiger partial charge in [-0.1, -0.05) is 11.6 Å². The van der Waals surface area contributed by atoms with E-state index in [2.05, 4.69) is 20.5 Å². The first-order valence-electron chi connectivity index (χ1n) is 6.69. The van der Waals surface area contributed by atoms with Gasteiger partial charge in [0.25, 0.3) is 5.78 Å². The number of benzene rings is 1. The Morgan fingerprint density at radius 1 is 1.13 bits per heavy atom. The van der Waals surface area contributed by atoms with Crippen LogP contribution in [0.2, 0.25) is 5.15 Å². The molecule has 2 heterocycles. The molecule has 120 valence electrons. The molecule has 0 atom stereocenters. The molecule has 3 aromatic rings. The van der Waals surface area contributed by atoms with Gasteiger partial charge in [0.2, 0.25) is 0 Å². The van der Waals surface area contributed by atoms with E-state index in [9.17, 15) is 13.2 Å². The summed E-state index contributed by atoms with van der Waals surface area (Å²) in [6.07, 6.45) is 1.34. The van der Waals surface area contributed by atoms with E-state index in [1.54, 1.807) is 0 Å². The number of anilines is 1. The smallest absolute Gasteiger partial charge is 0.257 e. The van der Waals surface area contributed by atoms with E-state index in [-0.39, 0.29) is 28.4 Å². The molecule has 0 bridgehead atoms. The molecule has 0 radical (unpaired) electrons. The Labute approximate surface area is 134 Å². The van der Waals surface area contributed by atoms with Crippen LogP contribution in [0.5, 0.6) is 0 Å². The summed E-state index contributed by atoms with van der Waals surface area (Å²) in [6, 6.07) is 1.10. The van der Waals surface area contributed by atoms with Crippen LogP contribution in [-0.2, 0) is 0 Å². The lowest BCUT2D eigenvalue weighted by atomic mass is 10.1. The SMILES string of the molecule is CC(C)Nc1c(-c2c(F)cc(F)cc2F)c(Cl)nc2nncn12. The molecule has 0 amide bonds. The third-order valence-electron chi connectivity index (χ3n) is 3.09. The van der Waals surface area contributed by atoms with E-state index in [4.69, 9.17) is 11.6 Å². The number of hydrogen-bond donors (Lipinski definition) is 1. The van der Waals surface area contributed by atoms with Crippen LogP contribution in [-0.4, -0.2) is 25.6 Å². The van der Waals surface area contributed by atoms with Crippen molar-refractivity contribution in [2.45, 2.75) is 19.9 Å². The van der Waals surface area contributed by atoms with E-state index in [1.807, 2.05) is 13.8 Å². The average Bonchev–Trinajstić information content (AvgIpc) is 2.88. The summed E-state index contributed by atoms with van der Waals surface area (Å²) in [5.74, 6) is -2.73. The Kier molecular flexibility index (Phi) is 3.85. The molecule has 0 unspecified atom stereocenters. The first-order valence-corrected chi connectivity index (χ1v) is 7.07. The highest BCUT2D eigenvalue weighted by molar-refractivity contribution is 6.33. The predicted octanol–water partition coefficient (Wildman–Crippen LogP) is 3.68. The highest BCUT2D eigenvalue weighted by atomic mass is 35.5. The zero-order chi connectivity index (χ0) is 16.7. The first-order chi connectivity index (χ1) is 10.9. The number of fused-ring (bicyclic) bond motifs is 1. The van der Waals surface area contributed by atoms with Crippen molar-refractivity contribution in [3.05, 3.63) is 41.1 Å². The summed E-state index contributed by atoms with van der Waals surface area (Å²) in [5, 5.41) is 10.4. The van der Waals surface area contributed by atoms with Gasteiger partial charge in [0.15, 0.2) is 0 Å². The fourth-order valence-electron chi connectivity index (χ4n) is 2.24. The Morgan fingerprint density at radius 3 is 2.39 bits per heavy atom. The van der Waals surface area contributed by atoms with E-state index in [1.165, 1.54) is 10.7 Å². The Morgan fingerprint density at radius 2 is 1.78 bits per heavy atom. The molecule has 5 nitrogen and oxygen atoms in total. The lowest BCUT2D eigenvalue weighted by Gasteiger charge is -2.18. The van der Waals surface area contributed by atoms with Crippen molar-refractivity contribution >= 4 is 23.2 Å². The average molecular weight is 342 g/mol. The minimum atomic E-state index is -1.08. The molecule has 0 saturated carbocycles. The highest BCUT2D eigenvalue weighted by Gasteiger charge is 2.24. The van der Waals surface area contributed by atoms with Gasteiger partial charge in [0.1, 0.15) is 34.7 Å². The first kappa shape index (κ1) is 15.5. The maximum absolute atomic E-state index is 14.2. The molecule has 23 heavy (non-hydrogen) atoms. The fourth-order valence-corrected chi connectivity index (χ4v) is 2.50. The van der Waals surface area contributed by atoms with Gasteiger partial charge in [0.05, 0.1) is 11.1 Å². The standard InChI is InChI=1S/C14H11ClF3N5/c1-6(2)20-13-11(10-8(17)3-7(16)4-9(10)18)12(15)21-14-22-19-5-23(13)14/h3-6,20H,1-2H3. The predicted molar refractivity (Wildman–Crippen MR) is 79.9 cm³/mol. The lowest BCUT2D eigenvalue weighted by Crippen LogP contribution is -2.15. The number of aromatic nitrogens is 4. The third kappa shape index (κ3) is 2.70. The van der Waals surface area contributed by atoms with Gasteiger partial charge in [0, 0.05) is 18.2 Å². The van der Waals surface area contributed by atoms with Crippen LogP contribution in [0, 0.1) is 17.5 Å². The third-order valence-corrected chi connectivity index (χ3v) is 3.37. The Balaban J connectivity index is 2.39. The molecule has 0 fully saturated rings. The van der Waals surface area contributed by atoms with Crippen molar-refractivity contribution in [2.75, 3.05) is 5.32 Å². The maximum atomic E-state index is 14.2.